The van der Waals surface area contributed by atoms with Crippen LogP contribution in [0.15, 0.2) is 53.8 Å². The van der Waals surface area contributed by atoms with Gasteiger partial charge in [0.1, 0.15) is 11.4 Å². The molecular formula is C23H30N2O4. The second-order valence-corrected chi connectivity index (χ2v) is 8.13. The number of hydrogen-bond acceptors (Lipinski definition) is 4. The van der Waals surface area contributed by atoms with Crippen LogP contribution in [0.4, 0.5) is 10.5 Å². The zero-order chi connectivity index (χ0) is 21.0. The standard InChI is InChI=1S/C23H28N2O4.H2/c1-23(2,3)29-22(27)25-13-12-16-8-10-19(14-18(16)15-25)24-21(26)17-6-5-7-20(28-4)11-9-17;/h6-11,14H,5,12-13,15H2,1-4H3,(H,24,26);1H. The van der Waals surface area contributed by atoms with Gasteiger partial charge in [0.05, 0.1) is 7.11 Å². The largest absolute Gasteiger partial charge is 0.497 e. The van der Waals surface area contributed by atoms with Crippen molar-refractivity contribution in [2.75, 3.05) is 19.0 Å². The Balaban J connectivity index is 0.00000320. The Morgan fingerprint density at radius 1 is 1.14 bits per heavy atom. The summed E-state index contributed by atoms with van der Waals surface area (Å²) in [7, 11) is 1.61. The lowest BCUT2D eigenvalue weighted by Crippen LogP contribution is -2.39. The quantitative estimate of drug-likeness (QED) is 0.809. The maximum absolute atomic E-state index is 12.6. The Bertz CT molecular complexity index is 897. The third-order valence-corrected chi connectivity index (χ3v) is 4.71. The maximum Gasteiger partial charge on any atom is 0.410 e. The van der Waals surface area contributed by atoms with E-state index in [9.17, 15) is 9.59 Å². The van der Waals surface area contributed by atoms with Crippen LogP contribution < -0.4 is 5.32 Å². The molecule has 0 atom stereocenters. The number of allylic oxidation sites excluding steroid dienone is 3. The Morgan fingerprint density at radius 3 is 2.66 bits per heavy atom. The van der Waals surface area contributed by atoms with E-state index in [4.69, 9.17) is 9.47 Å². The lowest BCUT2D eigenvalue weighted by Gasteiger charge is -2.31. The molecule has 0 aromatic heterocycles. The van der Waals surface area contributed by atoms with Crippen molar-refractivity contribution in [3.63, 3.8) is 0 Å². The van der Waals surface area contributed by atoms with Gasteiger partial charge in [0, 0.05) is 25.8 Å². The van der Waals surface area contributed by atoms with E-state index in [1.807, 2.05) is 51.1 Å². The normalized spacial score (nSPS) is 16.2. The van der Waals surface area contributed by atoms with Crippen molar-refractivity contribution in [3.05, 3.63) is 65.0 Å². The summed E-state index contributed by atoms with van der Waals surface area (Å²) < 4.78 is 10.7. The van der Waals surface area contributed by atoms with Gasteiger partial charge in [0.15, 0.2) is 0 Å². The van der Waals surface area contributed by atoms with Crippen molar-refractivity contribution in [1.29, 1.82) is 0 Å². The number of carbonyl (C=O) groups excluding carboxylic acids is 2. The highest BCUT2D eigenvalue weighted by atomic mass is 16.6. The summed E-state index contributed by atoms with van der Waals surface area (Å²) in [6.45, 7) is 6.67. The number of methoxy groups -OCH3 is 1. The van der Waals surface area contributed by atoms with Crippen molar-refractivity contribution in [2.45, 2.75) is 45.8 Å². The fourth-order valence-corrected chi connectivity index (χ4v) is 3.25. The first kappa shape index (κ1) is 20.7. The number of nitrogens with zero attached hydrogens (tertiary/aromatic N) is 1. The molecule has 1 aliphatic carbocycles. The van der Waals surface area contributed by atoms with E-state index in [-0.39, 0.29) is 13.4 Å². The van der Waals surface area contributed by atoms with Gasteiger partial charge >= 0.3 is 6.09 Å². The summed E-state index contributed by atoms with van der Waals surface area (Å²) in [6.07, 6.45) is 8.40. The van der Waals surface area contributed by atoms with E-state index in [2.05, 4.69) is 5.32 Å². The molecule has 1 heterocycles. The highest BCUT2D eigenvalue weighted by Gasteiger charge is 2.26. The van der Waals surface area contributed by atoms with E-state index in [1.165, 1.54) is 5.56 Å². The van der Waals surface area contributed by atoms with Gasteiger partial charge in [-0.1, -0.05) is 12.1 Å². The average molecular weight is 399 g/mol. The minimum Gasteiger partial charge on any atom is -0.497 e. The summed E-state index contributed by atoms with van der Waals surface area (Å²) in [5, 5.41) is 2.95. The molecule has 6 heteroatoms. The highest BCUT2D eigenvalue weighted by molar-refractivity contribution is 6.05. The summed E-state index contributed by atoms with van der Waals surface area (Å²) in [5.74, 6) is 0.562. The Kier molecular flexibility index (Phi) is 6.11. The van der Waals surface area contributed by atoms with E-state index < -0.39 is 5.60 Å². The number of benzene rings is 1. The van der Waals surface area contributed by atoms with Crippen molar-refractivity contribution in [3.8, 4) is 0 Å². The fourth-order valence-electron chi connectivity index (χ4n) is 3.25. The molecule has 0 saturated carbocycles. The fraction of sp³-hybridized carbons (Fsp3) is 0.391. The van der Waals surface area contributed by atoms with Gasteiger partial charge in [0.2, 0.25) is 0 Å². The molecule has 6 nitrogen and oxygen atoms in total. The topological polar surface area (TPSA) is 67.9 Å². The van der Waals surface area contributed by atoms with Crippen molar-refractivity contribution in [1.82, 2.24) is 4.90 Å². The summed E-state index contributed by atoms with van der Waals surface area (Å²) in [4.78, 5) is 26.7. The molecule has 1 aliphatic heterocycles. The second-order valence-electron chi connectivity index (χ2n) is 8.13. The number of ether oxygens (including phenoxy) is 2. The zero-order valence-corrected chi connectivity index (χ0v) is 17.5. The van der Waals surface area contributed by atoms with Gasteiger partial charge in [-0.2, -0.15) is 0 Å². The predicted molar refractivity (Wildman–Crippen MR) is 114 cm³/mol. The summed E-state index contributed by atoms with van der Waals surface area (Å²) in [6, 6.07) is 5.85. The van der Waals surface area contributed by atoms with Crippen LogP contribution in [0.3, 0.4) is 0 Å². The molecule has 0 bridgehead atoms. The highest BCUT2D eigenvalue weighted by Crippen LogP contribution is 2.25. The minimum absolute atomic E-state index is 0. The molecule has 29 heavy (non-hydrogen) atoms. The first-order valence-corrected chi connectivity index (χ1v) is 9.78. The number of carbonyl (C=O) groups is 2. The Morgan fingerprint density at radius 2 is 1.93 bits per heavy atom. The van der Waals surface area contributed by atoms with Crippen molar-refractivity contribution in [2.24, 2.45) is 0 Å². The summed E-state index contributed by atoms with van der Waals surface area (Å²) >= 11 is 0. The molecule has 2 amide bonds. The number of fused-ring (bicyclic) bond motifs is 1. The molecule has 1 N–H and O–H groups in total. The summed E-state index contributed by atoms with van der Waals surface area (Å²) in [5.41, 5.74) is 2.98. The monoisotopic (exact) mass is 398 g/mol. The SMILES string of the molecule is COC1=CCC=C(C(=O)Nc2ccc3c(c2)CN(C(=O)OC(C)(C)C)CC3)C=C1.[HH]. The van der Waals surface area contributed by atoms with Gasteiger partial charge in [-0.15, -0.1) is 0 Å². The number of rotatable bonds is 3. The molecule has 0 saturated heterocycles. The molecule has 1 aromatic rings. The zero-order valence-electron chi connectivity index (χ0n) is 17.5. The van der Waals surface area contributed by atoms with E-state index >= 15 is 0 Å². The molecule has 0 radical (unpaired) electrons. The third kappa shape index (κ3) is 5.50. The van der Waals surface area contributed by atoms with Crippen LogP contribution in [0.2, 0.25) is 0 Å². The van der Waals surface area contributed by atoms with Crippen LogP contribution in [-0.2, 0) is 27.2 Å². The van der Waals surface area contributed by atoms with E-state index in [0.717, 1.165) is 17.7 Å². The molecule has 156 valence electrons. The lowest BCUT2D eigenvalue weighted by molar-refractivity contribution is -0.112. The first-order chi connectivity index (χ1) is 13.7. The van der Waals surface area contributed by atoms with Crippen LogP contribution in [0.5, 0.6) is 0 Å². The molecule has 1 aromatic carbocycles. The van der Waals surface area contributed by atoms with Crippen LogP contribution in [-0.4, -0.2) is 36.2 Å². The lowest BCUT2D eigenvalue weighted by atomic mass is 9.99. The van der Waals surface area contributed by atoms with Crippen LogP contribution in [0.25, 0.3) is 0 Å². The van der Waals surface area contributed by atoms with Gasteiger partial charge in [-0.25, -0.2) is 4.79 Å². The van der Waals surface area contributed by atoms with Crippen molar-refractivity contribution < 1.29 is 20.5 Å². The van der Waals surface area contributed by atoms with Crippen molar-refractivity contribution >= 4 is 17.7 Å². The van der Waals surface area contributed by atoms with Crippen LogP contribution >= 0.6 is 0 Å². The van der Waals surface area contributed by atoms with E-state index in [1.54, 1.807) is 24.2 Å². The van der Waals surface area contributed by atoms with Gasteiger partial charge < -0.3 is 19.7 Å². The van der Waals surface area contributed by atoms with Gasteiger partial charge in [-0.3, -0.25) is 4.79 Å². The van der Waals surface area contributed by atoms with Crippen LogP contribution in [0, 0.1) is 0 Å². The second kappa shape index (κ2) is 8.55. The number of amides is 2. The molecule has 0 unspecified atom stereocenters. The Hall–Kier alpha value is -3.02. The molecule has 2 aliphatic rings. The molecular weight excluding hydrogens is 368 g/mol. The first-order valence-electron chi connectivity index (χ1n) is 9.78. The number of anilines is 1. The molecule has 0 fully saturated rings. The average Bonchev–Trinajstić information content (AvgIpc) is 2.92. The molecule has 3 rings (SSSR count). The predicted octanol–water partition coefficient (Wildman–Crippen LogP) is 4.58. The smallest absolute Gasteiger partial charge is 0.410 e. The molecule has 0 spiro atoms. The van der Waals surface area contributed by atoms with E-state index in [0.29, 0.717) is 30.8 Å². The third-order valence-electron chi connectivity index (χ3n) is 4.71. The number of hydrogen-bond donors (Lipinski definition) is 1. The van der Waals surface area contributed by atoms with Crippen LogP contribution in [0.1, 0.15) is 39.7 Å². The minimum atomic E-state index is -0.523. The Labute approximate surface area is 173 Å². The number of nitrogens with one attached hydrogen (secondary N) is 1. The van der Waals surface area contributed by atoms with Gasteiger partial charge in [0.25, 0.3) is 5.91 Å². The maximum atomic E-state index is 12.6. The van der Waals surface area contributed by atoms with Gasteiger partial charge in [-0.05, 0) is 75.1 Å².